The molecule has 0 bridgehead atoms. The van der Waals surface area contributed by atoms with Crippen LogP contribution in [0.1, 0.15) is 40.0 Å². The maximum Gasteiger partial charge on any atom is -0.0272 e. The first kappa shape index (κ1) is 9.52. The van der Waals surface area contributed by atoms with Crippen LogP contribution in [0.4, 0.5) is 0 Å². The quantitative estimate of drug-likeness (QED) is 0.521. The van der Waals surface area contributed by atoms with Crippen molar-refractivity contribution in [3.05, 3.63) is 17.9 Å². The summed E-state index contributed by atoms with van der Waals surface area (Å²) in [7, 11) is 0. The van der Waals surface area contributed by atoms with E-state index in [4.69, 9.17) is 0 Å². The molecule has 0 rings (SSSR count). The third-order valence-electron chi connectivity index (χ3n) is 1.79. The second kappa shape index (κ2) is 6.64. The molecule has 0 aromatic heterocycles. The molecular formula is C10H18. The molecule has 0 spiro atoms. The smallest absolute Gasteiger partial charge is 0.0272 e. The number of rotatable bonds is 4. The van der Waals surface area contributed by atoms with Crippen molar-refractivity contribution >= 4 is 0 Å². The van der Waals surface area contributed by atoms with E-state index in [0.717, 1.165) is 5.92 Å². The van der Waals surface area contributed by atoms with Crippen LogP contribution in [0.5, 0.6) is 0 Å². The van der Waals surface area contributed by atoms with E-state index in [-0.39, 0.29) is 0 Å². The number of allylic oxidation sites excluding steroid dienone is 1. The van der Waals surface area contributed by atoms with E-state index in [9.17, 15) is 0 Å². The molecule has 0 aliphatic heterocycles. The van der Waals surface area contributed by atoms with E-state index in [1.54, 1.807) is 0 Å². The lowest BCUT2D eigenvalue weighted by atomic mass is 10.0. The van der Waals surface area contributed by atoms with Gasteiger partial charge in [0, 0.05) is 0 Å². The second-order valence-corrected chi connectivity index (χ2v) is 2.75. The van der Waals surface area contributed by atoms with E-state index < -0.39 is 0 Å². The van der Waals surface area contributed by atoms with Crippen LogP contribution in [0.25, 0.3) is 0 Å². The normalized spacial score (nSPS) is 11.9. The fourth-order valence-corrected chi connectivity index (χ4v) is 0.773. The Morgan fingerprint density at radius 2 is 2.20 bits per heavy atom. The first-order chi connectivity index (χ1) is 4.81. The maximum atomic E-state index is 3.08. The van der Waals surface area contributed by atoms with Gasteiger partial charge in [-0.3, -0.25) is 0 Å². The Morgan fingerprint density at radius 1 is 1.50 bits per heavy atom. The Kier molecular flexibility index (Phi) is 6.32. The number of hydrogen-bond acceptors (Lipinski definition) is 0. The highest BCUT2D eigenvalue weighted by atomic mass is 14.0. The van der Waals surface area contributed by atoms with E-state index >= 15 is 0 Å². The summed E-state index contributed by atoms with van der Waals surface area (Å²) in [5.74, 6) is 0.870. The van der Waals surface area contributed by atoms with Crippen LogP contribution >= 0.6 is 0 Å². The molecular weight excluding hydrogens is 120 g/mol. The summed E-state index contributed by atoms with van der Waals surface area (Å²) in [5, 5.41) is 0. The molecule has 1 atom stereocenters. The van der Waals surface area contributed by atoms with Gasteiger partial charge >= 0.3 is 0 Å². The lowest BCUT2D eigenvalue weighted by Gasteiger charge is -2.03. The van der Waals surface area contributed by atoms with Crippen LogP contribution in [0.15, 0.2) is 17.9 Å². The van der Waals surface area contributed by atoms with Crippen molar-refractivity contribution in [2.45, 2.75) is 40.0 Å². The summed E-state index contributed by atoms with van der Waals surface area (Å²) in [6.45, 7) is 6.54. The van der Waals surface area contributed by atoms with E-state index in [1.807, 2.05) is 13.0 Å². The van der Waals surface area contributed by atoms with E-state index in [1.165, 1.54) is 19.3 Å². The number of hydrogen-bond donors (Lipinski definition) is 0. The summed E-state index contributed by atoms with van der Waals surface area (Å²) in [6, 6.07) is 0. The van der Waals surface area contributed by atoms with Gasteiger partial charge in [-0.05, 0) is 37.8 Å². The summed E-state index contributed by atoms with van der Waals surface area (Å²) >= 11 is 0. The van der Waals surface area contributed by atoms with Crippen molar-refractivity contribution in [3.8, 4) is 0 Å². The van der Waals surface area contributed by atoms with Gasteiger partial charge in [0.1, 0.15) is 0 Å². The standard InChI is InChI=1S/C10H18/c1-4-6-7-8-9-10(3)5-2/h4,7,10H,5,8-9H2,1-3H3. The minimum atomic E-state index is 0.870. The highest BCUT2D eigenvalue weighted by Gasteiger charge is 1.94. The average molecular weight is 138 g/mol. The van der Waals surface area contributed by atoms with Gasteiger partial charge in [-0.2, -0.15) is 0 Å². The molecule has 0 nitrogen and oxygen atoms in total. The molecule has 10 heavy (non-hydrogen) atoms. The van der Waals surface area contributed by atoms with E-state index in [0.29, 0.717) is 0 Å². The van der Waals surface area contributed by atoms with Crippen LogP contribution < -0.4 is 0 Å². The topological polar surface area (TPSA) is 0 Å². The summed E-state index contributed by atoms with van der Waals surface area (Å²) in [6.07, 6.45) is 7.85. The Morgan fingerprint density at radius 3 is 2.70 bits per heavy atom. The molecule has 58 valence electrons. The summed E-state index contributed by atoms with van der Waals surface area (Å²) in [5.41, 5.74) is 3.08. The van der Waals surface area contributed by atoms with Gasteiger partial charge in [0.15, 0.2) is 0 Å². The second-order valence-electron chi connectivity index (χ2n) is 2.75. The maximum absolute atomic E-state index is 3.08. The molecule has 0 saturated carbocycles. The predicted octanol–water partition coefficient (Wildman–Crippen LogP) is 3.54. The molecule has 0 N–H and O–H groups in total. The van der Waals surface area contributed by atoms with Crippen LogP contribution in [-0.2, 0) is 0 Å². The fraction of sp³-hybridized carbons (Fsp3) is 0.700. The monoisotopic (exact) mass is 138 g/mol. The first-order valence-electron chi connectivity index (χ1n) is 4.16. The van der Waals surface area contributed by atoms with Gasteiger partial charge in [-0.15, -0.1) is 5.73 Å². The lowest BCUT2D eigenvalue weighted by Crippen LogP contribution is -1.89. The third kappa shape index (κ3) is 5.65. The lowest BCUT2D eigenvalue weighted by molar-refractivity contribution is 0.522. The van der Waals surface area contributed by atoms with Crippen molar-refractivity contribution < 1.29 is 0 Å². The molecule has 0 aliphatic rings. The van der Waals surface area contributed by atoms with Crippen LogP contribution in [0.2, 0.25) is 0 Å². The Bertz CT molecular complexity index is 116. The zero-order valence-corrected chi connectivity index (χ0v) is 7.35. The van der Waals surface area contributed by atoms with Gasteiger partial charge in [-0.1, -0.05) is 20.3 Å². The fourth-order valence-electron chi connectivity index (χ4n) is 0.773. The van der Waals surface area contributed by atoms with Crippen molar-refractivity contribution in [2.24, 2.45) is 5.92 Å². The third-order valence-corrected chi connectivity index (χ3v) is 1.79. The summed E-state index contributed by atoms with van der Waals surface area (Å²) < 4.78 is 0. The SMILES string of the molecule is CC=C=CCCC(C)CC. The Labute approximate surface area is 64.6 Å². The highest BCUT2D eigenvalue weighted by molar-refractivity contribution is 4.81. The minimum absolute atomic E-state index is 0.870. The molecule has 0 aliphatic carbocycles. The average Bonchev–Trinajstić information content (AvgIpc) is 1.98. The molecule has 0 aromatic rings. The van der Waals surface area contributed by atoms with Crippen LogP contribution in [-0.4, -0.2) is 0 Å². The molecule has 0 heterocycles. The van der Waals surface area contributed by atoms with Crippen molar-refractivity contribution in [1.82, 2.24) is 0 Å². The molecule has 0 aromatic carbocycles. The van der Waals surface area contributed by atoms with Gasteiger partial charge in [0.25, 0.3) is 0 Å². The van der Waals surface area contributed by atoms with Crippen molar-refractivity contribution in [1.29, 1.82) is 0 Å². The minimum Gasteiger partial charge on any atom is -0.130 e. The largest absolute Gasteiger partial charge is 0.130 e. The Balaban J connectivity index is 3.27. The first-order valence-corrected chi connectivity index (χ1v) is 4.16. The van der Waals surface area contributed by atoms with Crippen molar-refractivity contribution in [3.63, 3.8) is 0 Å². The van der Waals surface area contributed by atoms with Crippen LogP contribution in [0, 0.1) is 5.92 Å². The molecule has 0 fully saturated rings. The Hall–Kier alpha value is -0.480. The van der Waals surface area contributed by atoms with E-state index in [2.05, 4.69) is 25.7 Å². The molecule has 0 heteroatoms. The predicted molar refractivity (Wildman–Crippen MR) is 47.0 cm³/mol. The van der Waals surface area contributed by atoms with Gasteiger partial charge < -0.3 is 0 Å². The molecule has 0 saturated heterocycles. The zero-order chi connectivity index (χ0) is 7.82. The van der Waals surface area contributed by atoms with Crippen molar-refractivity contribution in [2.75, 3.05) is 0 Å². The molecule has 0 amide bonds. The molecule has 1 unspecified atom stereocenters. The van der Waals surface area contributed by atoms with Crippen LogP contribution in [0.3, 0.4) is 0 Å². The zero-order valence-electron chi connectivity index (χ0n) is 7.35. The molecule has 0 radical (unpaired) electrons. The summed E-state index contributed by atoms with van der Waals surface area (Å²) in [4.78, 5) is 0. The van der Waals surface area contributed by atoms with Gasteiger partial charge in [0.2, 0.25) is 0 Å². The van der Waals surface area contributed by atoms with Gasteiger partial charge in [-0.25, -0.2) is 0 Å². The van der Waals surface area contributed by atoms with Gasteiger partial charge in [0.05, 0.1) is 0 Å². The highest BCUT2D eigenvalue weighted by Crippen LogP contribution is 2.08.